The molecular weight excluding hydrogens is 196 g/mol. The van der Waals surface area contributed by atoms with Crippen molar-refractivity contribution in [2.75, 3.05) is 0 Å². The summed E-state index contributed by atoms with van der Waals surface area (Å²) < 4.78 is 1.47. The zero-order valence-electron chi connectivity index (χ0n) is 7.80. The molecule has 0 fully saturated rings. The molecule has 0 radical (unpaired) electrons. The summed E-state index contributed by atoms with van der Waals surface area (Å²) in [5.74, 6) is 0. The van der Waals surface area contributed by atoms with E-state index in [1.54, 1.807) is 23.5 Å². The maximum absolute atomic E-state index is 11.3. The van der Waals surface area contributed by atoms with Gasteiger partial charge >= 0.3 is 0 Å². The third kappa shape index (κ3) is 1.61. The average Bonchev–Trinajstić information content (AvgIpc) is 2.71. The molecule has 0 bridgehead atoms. The van der Waals surface area contributed by atoms with Crippen molar-refractivity contribution in [2.45, 2.75) is 13.5 Å². The molecule has 0 aliphatic carbocycles. The highest BCUT2D eigenvalue weighted by atomic mass is 32.1. The predicted octanol–water partition coefficient (Wildman–Crippen LogP) is 1.99. The van der Waals surface area contributed by atoms with Gasteiger partial charge < -0.3 is 0 Å². The van der Waals surface area contributed by atoms with Crippen LogP contribution in [0.4, 0.5) is 0 Å². The van der Waals surface area contributed by atoms with Gasteiger partial charge in [0.15, 0.2) is 0 Å². The first-order valence-electron chi connectivity index (χ1n) is 4.43. The minimum absolute atomic E-state index is 0.0483. The summed E-state index contributed by atoms with van der Waals surface area (Å²) in [7, 11) is 0. The molecule has 2 heterocycles. The zero-order chi connectivity index (χ0) is 9.97. The normalized spacial score (nSPS) is 10.4. The molecule has 0 saturated heterocycles. The second-order valence-electron chi connectivity index (χ2n) is 2.85. The number of rotatable bonds is 2. The molecule has 0 aromatic carbocycles. The highest BCUT2D eigenvalue weighted by molar-refractivity contribution is 7.13. The van der Waals surface area contributed by atoms with Gasteiger partial charge in [-0.25, -0.2) is 4.68 Å². The van der Waals surface area contributed by atoms with Gasteiger partial charge in [0.25, 0.3) is 5.56 Å². The maximum Gasteiger partial charge on any atom is 0.266 e. The van der Waals surface area contributed by atoms with Crippen molar-refractivity contribution in [3.63, 3.8) is 0 Å². The zero-order valence-corrected chi connectivity index (χ0v) is 8.62. The summed E-state index contributed by atoms with van der Waals surface area (Å²) in [6, 6.07) is 7.30. The van der Waals surface area contributed by atoms with Crippen LogP contribution in [0.5, 0.6) is 0 Å². The van der Waals surface area contributed by atoms with Crippen LogP contribution in [0, 0.1) is 0 Å². The van der Waals surface area contributed by atoms with E-state index >= 15 is 0 Å². The van der Waals surface area contributed by atoms with Crippen LogP contribution in [-0.4, -0.2) is 9.78 Å². The largest absolute Gasteiger partial charge is 0.268 e. The van der Waals surface area contributed by atoms with Crippen molar-refractivity contribution in [2.24, 2.45) is 0 Å². The Kier molecular flexibility index (Phi) is 2.45. The van der Waals surface area contributed by atoms with Crippen LogP contribution >= 0.6 is 11.3 Å². The van der Waals surface area contributed by atoms with E-state index in [2.05, 4.69) is 5.10 Å². The maximum atomic E-state index is 11.3. The Balaban J connectivity index is 2.51. The number of hydrogen-bond donors (Lipinski definition) is 0. The molecule has 4 heteroatoms. The SMILES string of the molecule is CCn1nc(-c2cccs2)ccc1=O. The minimum Gasteiger partial charge on any atom is -0.268 e. The molecule has 0 aliphatic rings. The molecule has 0 saturated carbocycles. The molecule has 0 aliphatic heterocycles. The number of nitrogens with zero attached hydrogens (tertiary/aromatic N) is 2. The Morgan fingerprint density at radius 3 is 2.93 bits per heavy atom. The topological polar surface area (TPSA) is 34.9 Å². The summed E-state index contributed by atoms with van der Waals surface area (Å²) in [6.07, 6.45) is 0. The van der Waals surface area contributed by atoms with E-state index in [0.717, 1.165) is 10.6 Å². The van der Waals surface area contributed by atoms with E-state index in [1.165, 1.54) is 4.68 Å². The third-order valence-electron chi connectivity index (χ3n) is 1.94. The summed E-state index contributed by atoms with van der Waals surface area (Å²) in [5, 5.41) is 6.25. The quantitative estimate of drug-likeness (QED) is 0.753. The van der Waals surface area contributed by atoms with Gasteiger partial charge in [-0.05, 0) is 24.4 Å². The lowest BCUT2D eigenvalue weighted by Crippen LogP contribution is -2.20. The summed E-state index contributed by atoms with van der Waals surface area (Å²) in [4.78, 5) is 12.4. The number of hydrogen-bond acceptors (Lipinski definition) is 3. The minimum atomic E-state index is -0.0483. The van der Waals surface area contributed by atoms with Gasteiger partial charge in [-0.2, -0.15) is 5.10 Å². The molecule has 72 valence electrons. The summed E-state index contributed by atoms with van der Waals surface area (Å²) >= 11 is 1.62. The molecule has 0 spiro atoms. The summed E-state index contributed by atoms with van der Waals surface area (Å²) in [5.41, 5.74) is 0.814. The van der Waals surface area contributed by atoms with Crippen LogP contribution in [0.25, 0.3) is 10.6 Å². The van der Waals surface area contributed by atoms with Gasteiger partial charge in [-0.1, -0.05) is 6.07 Å². The second kappa shape index (κ2) is 3.75. The third-order valence-corrected chi connectivity index (χ3v) is 2.83. The van der Waals surface area contributed by atoms with Crippen LogP contribution in [0.2, 0.25) is 0 Å². The van der Waals surface area contributed by atoms with Gasteiger partial charge in [-0.15, -0.1) is 11.3 Å². The second-order valence-corrected chi connectivity index (χ2v) is 3.80. The van der Waals surface area contributed by atoms with Gasteiger partial charge in [0.1, 0.15) is 5.69 Å². The lowest BCUT2D eigenvalue weighted by atomic mass is 10.3. The first kappa shape index (κ1) is 9.15. The predicted molar refractivity (Wildman–Crippen MR) is 57.5 cm³/mol. The Bertz CT molecular complexity index is 473. The molecule has 2 aromatic heterocycles. The van der Waals surface area contributed by atoms with E-state index in [4.69, 9.17) is 0 Å². The lowest BCUT2D eigenvalue weighted by Gasteiger charge is -2.01. The van der Waals surface area contributed by atoms with Crippen LogP contribution in [0.3, 0.4) is 0 Å². The fraction of sp³-hybridized carbons (Fsp3) is 0.200. The van der Waals surface area contributed by atoms with Gasteiger partial charge in [0, 0.05) is 12.6 Å². The van der Waals surface area contributed by atoms with Gasteiger partial charge in [0.05, 0.1) is 4.88 Å². The highest BCUT2D eigenvalue weighted by Gasteiger charge is 2.02. The van der Waals surface area contributed by atoms with Crippen LogP contribution in [0.15, 0.2) is 34.4 Å². The number of aryl methyl sites for hydroxylation is 1. The van der Waals surface area contributed by atoms with Crippen molar-refractivity contribution in [3.8, 4) is 10.6 Å². The fourth-order valence-corrected chi connectivity index (χ4v) is 1.92. The van der Waals surface area contributed by atoms with Crippen molar-refractivity contribution in [3.05, 3.63) is 40.0 Å². The Hall–Kier alpha value is -1.42. The monoisotopic (exact) mass is 206 g/mol. The standard InChI is InChI=1S/C10H10N2OS/c1-2-12-10(13)6-5-8(11-12)9-4-3-7-14-9/h3-7H,2H2,1H3. The molecule has 2 rings (SSSR count). The van der Waals surface area contributed by atoms with E-state index in [1.807, 2.05) is 24.4 Å². The van der Waals surface area contributed by atoms with Crippen molar-refractivity contribution in [1.29, 1.82) is 0 Å². The molecule has 0 unspecified atom stereocenters. The number of aromatic nitrogens is 2. The highest BCUT2D eigenvalue weighted by Crippen LogP contribution is 2.20. The fourth-order valence-electron chi connectivity index (χ4n) is 1.23. The van der Waals surface area contributed by atoms with Crippen molar-refractivity contribution >= 4 is 11.3 Å². The molecule has 14 heavy (non-hydrogen) atoms. The molecule has 0 atom stereocenters. The Labute approximate surface area is 85.6 Å². The van der Waals surface area contributed by atoms with E-state index in [-0.39, 0.29) is 5.56 Å². The molecule has 3 nitrogen and oxygen atoms in total. The van der Waals surface area contributed by atoms with Crippen LogP contribution in [0.1, 0.15) is 6.92 Å². The lowest BCUT2D eigenvalue weighted by molar-refractivity contribution is 0.619. The van der Waals surface area contributed by atoms with E-state index in [9.17, 15) is 4.79 Å². The molecular formula is C10H10N2OS. The van der Waals surface area contributed by atoms with Crippen LogP contribution < -0.4 is 5.56 Å². The van der Waals surface area contributed by atoms with E-state index < -0.39 is 0 Å². The molecule has 0 amide bonds. The molecule has 2 aromatic rings. The van der Waals surface area contributed by atoms with Gasteiger partial charge in [-0.3, -0.25) is 4.79 Å². The number of thiophene rings is 1. The Morgan fingerprint density at radius 1 is 1.43 bits per heavy atom. The van der Waals surface area contributed by atoms with Crippen molar-refractivity contribution in [1.82, 2.24) is 9.78 Å². The van der Waals surface area contributed by atoms with Gasteiger partial charge in [0.2, 0.25) is 0 Å². The first-order chi connectivity index (χ1) is 6.81. The Morgan fingerprint density at radius 2 is 2.29 bits per heavy atom. The average molecular weight is 206 g/mol. The summed E-state index contributed by atoms with van der Waals surface area (Å²) in [6.45, 7) is 2.52. The van der Waals surface area contributed by atoms with Crippen LogP contribution in [-0.2, 0) is 6.54 Å². The first-order valence-corrected chi connectivity index (χ1v) is 5.31. The van der Waals surface area contributed by atoms with E-state index in [0.29, 0.717) is 6.54 Å². The molecule has 0 N–H and O–H groups in total. The van der Waals surface area contributed by atoms with Crippen molar-refractivity contribution < 1.29 is 0 Å². The smallest absolute Gasteiger partial charge is 0.266 e.